The lowest BCUT2D eigenvalue weighted by Crippen LogP contribution is -2.50. The minimum absolute atomic E-state index is 0.162. The Labute approximate surface area is 197 Å². The molecule has 0 radical (unpaired) electrons. The number of amides is 2. The molecule has 2 aromatic rings. The van der Waals surface area contributed by atoms with E-state index < -0.39 is 28.6 Å². The number of rotatable bonds is 4. The first-order chi connectivity index (χ1) is 16.1. The van der Waals surface area contributed by atoms with Crippen LogP contribution in [0.3, 0.4) is 0 Å². The highest BCUT2D eigenvalue weighted by molar-refractivity contribution is 6.31. The summed E-state index contributed by atoms with van der Waals surface area (Å²) < 4.78 is 44.2. The zero-order chi connectivity index (χ0) is 24.6. The maximum atomic E-state index is 13.2. The van der Waals surface area contributed by atoms with Crippen LogP contribution in [0.5, 0.6) is 5.75 Å². The van der Waals surface area contributed by atoms with Gasteiger partial charge in [0, 0.05) is 17.8 Å². The van der Waals surface area contributed by atoms with Gasteiger partial charge in [-0.25, -0.2) is 5.43 Å². The van der Waals surface area contributed by atoms with Crippen molar-refractivity contribution < 1.29 is 27.5 Å². The van der Waals surface area contributed by atoms with Crippen molar-refractivity contribution >= 4 is 29.1 Å². The van der Waals surface area contributed by atoms with Crippen molar-refractivity contribution in [1.29, 1.82) is 5.26 Å². The van der Waals surface area contributed by atoms with Crippen LogP contribution in [0.1, 0.15) is 21.5 Å². The van der Waals surface area contributed by atoms with Gasteiger partial charge >= 0.3 is 6.18 Å². The van der Waals surface area contributed by atoms with E-state index >= 15 is 0 Å². The third-order valence-corrected chi connectivity index (χ3v) is 5.73. The molecule has 2 heterocycles. The van der Waals surface area contributed by atoms with E-state index in [2.05, 4.69) is 10.7 Å². The fourth-order valence-corrected chi connectivity index (χ4v) is 4.04. The van der Waals surface area contributed by atoms with Crippen molar-refractivity contribution in [1.82, 2.24) is 15.8 Å². The van der Waals surface area contributed by atoms with Gasteiger partial charge in [0.15, 0.2) is 0 Å². The van der Waals surface area contributed by atoms with Crippen LogP contribution in [0.4, 0.5) is 18.9 Å². The molecule has 2 aromatic carbocycles. The van der Waals surface area contributed by atoms with E-state index in [0.717, 1.165) is 12.1 Å². The van der Waals surface area contributed by atoms with Gasteiger partial charge in [0.05, 0.1) is 42.0 Å². The van der Waals surface area contributed by atoms with Crippen molar-refractivity contribution in [3.05, 3.63) is 69.5 Å². The molecule has 0 unspecified atom stereocenters. The minimum Gasteiger partial charge on any atom is -0.495 e. The van der Waals surface area contributed by atoms with E-state index in [4.69, 9.17) is 16.3 Å². The Hall–Kier alpha value is -3.75. The molecule has 0 saturated carbocycles. The highest BCUT2D eigenvalue weighted by Crippen LogP contribution is 2.37. The zero-order valence-corrected chi connectivity index (χ0v) is 18.4. The van der Waals surface area contributed by atoms with E-state index in [-0.39, 0.29) is 35.6 Å². The van der Waals surface area contributed by atoms with Crippen LogP contribution in [0.15, 0.2) is 47.8 Å². The number of alkyl halides is 3. The molecule has 4 rings (SSSR count). The number of hydrazine groups is 1. The zero-order valence-electron chi connectivity index (χ0n) is 17.7. The number of carbonyl (C=O) groups excluding carboxylic acids is 2. The summed E-state index contributed by atoms with van der Waals surface area (Å²) in [5.41, 5.74) is 3.06. The molecular weight excluding hydrogens is 475 g/mol. The number of ether oxygens (including phenoxy) is 1. The first kappa shape index (κ1) is 23.4. The number of anilines is 1. The Kier molecular flexibility index (Phi) is 6.12. The maximum Gasteiger partial charge on any atom is 0.417 e. The van der Waals surface area contributed by atoms with Gasteiger partial charge in [-0.15, -0.1) is 0 Å². The number of benzene rings is 2. The van der Waals surface area contributed by atoms with Crippen molar-refractivity contribution in [2.75, 3.05) is 31.6 Å². The molecule has 34 heavy (non-hydrogen) atoms. The first-order valence-electron chi connectivity index (χ1n) is 9.96. The van der Waals surface area contributed by atoms with Gasteiger partial charge in [0.25, 0.3) is 11.8 Å². The Morgan fingerprint density at radius 2 is 2.00 bits per heavy atom. The van der Waals surface area contributed by atoms with Gasteiger partial charge in [-0.1, -0.05) is 11.6 Å². The summed E-state index contributed by atoms with van der Waals surface area (Å²) >= 11 is 5.82. The highest BCUT2D eigenvalue weighted by atomic mass is 35.5. The van der Waals surface area contributed by atoms with Gasteiger partial charge in [-0.3, -0.25) is 14.6 Å². The number of nitriles is 1. The normalized spacial score (nSPS) is 15.8. The molecule has 1 fully saturated rings. The molecule has 0 spiro atoms. The molecule has 2 aliphatic rings. The summed E-state index contributed by atoms with van der Waals surface area (Å²) in [5.74, 6) is -0.717. The molecule has 0 bridgehead atoms. The largest absolute Gasteiger partial charge is 0.495 e. The average molecular weight is 492 g/mol. The maximum absolute atomic E-state index is 13.2. The number of nitrogens with one attached hydrogen (secondary N) is 2. The summed E-state index contributed by atoms with van der Waals surface area (Å²) in [5, 5.41) is 13.0. The van der Waals surface area contributed by atoms with Crippen molar-refractivity contribution in [2.45, 2.75) is 6.18 Å². The molecule has 0 atom stereocenters. The van der Waals surface area contributed by atoms with Crippen LogP contribution in [0, 0.1) is 11.3 Å². The fourth-order valence-electron chi connectivity index (χ4n) is 3.76. The summed E-state index contributed by atoms with van der Waals surface area (Å²) in [7, 11) is 1.41. The van der Waals surface area contributed by atoms with Crippen molar-refractivity contribution in [3.63, 3.8) is 0 Å². The summed E-state index contributed by atoms with van der Waals surface area (Å²) in [6.45, 7) is 0.693. The van der Waals surface area contributed by atoms with Gasteiger partial charge in [0.1, 0.15) is 17.5 Å². The second-order valence-corrected chi connectivity index (χ2v) is 7.82. The van der Waals surface area contributed by atoms with Crippen molar-refractivity contribution in [2.24, 2.45) is 0 Å². The van der Waals surface area contributed by atoms with Crippen LogP contribution in [-0.2, 0) is 11.0 Å². The third kappa shape index (κ3) is 4.25. The smallest absolute Gasteiger partial charge is 0.417 e. The fraction of sp³-hybridized carbons (Fsp3) is 0.227. The number of nitrogens with zero attached hydrogens (tertiary/aromatic N) is 3. The number of carbonyl (C=O) groups is 2. The molecule has 2 amide bonds. The highest BCUT2D eigenvalue weighted by Gasteiger charge is 2.38. The van der Waals surface area contributed by atoms with Crippen LogP contribution in [-0.4, -0.2) is 43.6 Å². The van der Waals surface area contributed by atoms with E-state index in [1.165, 1.54) is 36.3 Å². The average Bonchev–Trinajstić information content (AvgIpc) is 3.21. The number of methoxy groups -OCH3 is 1. The van der Waals surface area contributed by atoms with E-state index in [9.17, 15) is 28.0 Å². The van der Waals surface area contributed by atoms with Crippen molar-refractivity contribution in [3.8, 4) is 11.8 Å². The van der Waals surface area contributed by atoms with Gasteiger partial charge in [-0.05, 0) is 36.4 Å². The first-order valence-corrected chi connectivity index (χ1v) is 10.3. The number of halogens is 4. The second-order valence-electron chi connectivity index (χ2n) is 7.41. The SMILES string of the molecule is COc1ccc(C(=O)NC2=C3C(=O)N(c4ccc(C(F)(F)F)c(Cl)c4)CCN3NC2)cc1C#N. The molecule has 176 valence electrons. The van der Waals surface area contributed by atoms with Crippen LogP contribution < -0.4 is 20.4 Å². The number of fused-ring (bicyclic) bond motifs is 1. The predicted molar refractivity (Wildman–Crippen MR) is 116 cm³/mol. The minimum atomic E-state index is -4.61. The van der Waals surface area contributed by atoms with Crippen LogP contribution in [0.2, 0.25) is 5.02 Å². The molecule has 12 heteroatoms. The Balaban J connectivity index is 1.60. The number of hydrogen-bond acceptors (Lipinski definition) is 6. The lowest BCUT2D eigenvalue weighted by Gasteiger charge is -2.34. The van der Waals surface area contributed by atoms with E-state index in [1.54, 1.807) is 5.01 Å². The molecule has 2 aliphatic heterocycles. The van der Waals surface area contributed by atoms with Crippen LogP contribution >= 0.6 is 11.6 Å². The molecule has 1 saturated heterocycles. The summed E-state index contributed by atoms with van der Waals surface area (Å²) in [6, 6.07) is 9.41. The topological polar surface area (TPSA) is 97.7 Å². The Bertz CT molecular complexity index is 1260. The van der Waals surface area contributed by atoms with E-state index in [0.29, 0.717) is 18.0 Å². The molecule has 8 nitrogen and oxygen atoms in total. The quantitative estimate of drug-likeness (QED) is 0.682. The second kappa shape index (κ2) is 8.89. The lowest BCUT2D eigenvalue weighted by atomic mass is 10.1. The van der Waals surface area contributed by atoms with E-state index in [1.807, 2.05) is 6.07 Å². The predicted octanol–water partition coefficient (Wildman–Crippen LogP) is 3.05. The van der Waals surface area contributed by atoms with Crippen LogP contribution in [0.25, 0.3) is 0 Å². The monoisotopic (exact) mass is 491 g/mol. The van der Waals surface area contributed by atoms with Gasteiger partial charge < -0.3 is 15.0 Å². The third-order valence-electron chi connectivity index (χ3n) is 5.41. The Morgan fingerprint density at radius 3 is 2.65 bits per heavy atom. The van der Waals surface area contributed by atoms with Gasteiger partial charge in [-0.2, -0.15) is 18.4 Å². The summed E-state index contributed by atoms with van der Waals surface area (Å²) in [4.78, 5) is 27.3. The number of piperazine rings is 1. The van der Waals surface area contributed by atoms with Gasteiger partial charge in [0.2, 0.25) is 0 Å². The standard InChI is InChI=1S/C22H17ClF3N5O3/c1-34-18-5-2-12(8-13(18)10-27)20(32)29-17-11-28-31-7-6-30(21(33)19(17)31)14-3-4-15(16(23)9-14)22(24,25)26/h2-5,8-9,28H,6-7,11H2,1H3,(H,29,32). The Morgan fingerprint density at radius 1 is 1.24 bits per heavy atom. The molecule has 0 aromatic heterocycles. The molecule has 2 N–H and O–H groups in total. The molecule has 0 aliphatic carbocycles. The lowest BCUT2D eigenvalue weighted by molar-refractivity contribution is -0.137. The number of hydrogen-bond donors (Lipinski definition) is 2. The summed E-state index contributed by atoms with van der Waals surface area (Å²) in [6.07, 6.45) is -4.61. The molecular formula is C22H17ClF3N5O3.